The van der Waals surface area contributed by atoms with Crippen LogP contribution in [0.1, 0.15) is 22.3 Å². The summed E-state index contributed by atoms with van der Waals surface area (Å²) in [5.41, 5.74) is -0.453. The predicted molar refractivity (Wildman–Crippen MR) is 83.6 cm³/mol. The number of hydrogen-bond acceptors (Lipinski definition) is 6. The van der Waals surface area contributed by atoms with Crippen LogP contribution in [0.5, 0.6) is 11.8 Å². The molecule has 2 heterocycles. The number of aryl methyl sites for hydroxylation is 2. The molecule has 0 aliphatic carbocycles. The molecule has 0 saturated carbocycles. The zero-order valence-corrected chi connectivity index (χ0v) is 13.1. The Kier molecular flexibility index (Phi) is 4.43. The second kappa shape index (κ2) is 6.31. The molecule has 0 amide bonds. The van der Waals surface area contributed by atoms with E-state index in [0.717, 1.165) is 9.13 Å². The van der Waals surface area contributed by atoms with Gasteiger partial charge in [-0.3, -0.25) is 18.7 Å². The van der Waals surface area contributed by atoms with Crippen LogP contribution in [0.2, 0.25) is 0 Å². The van der Waals surface area contributed by atoms with E-state index in [0.29, 0.717) is 11.1 Å². The first kappa shape index (κ1) is 16.8. The molecule has 8 heteroatoms. The van der Waals surface area contributed by atoms with Crippen molar-refractivity contribution < 1.29 is 10.2 Å². The summed E-state index contributed by atoms with van der Waals surface area (Å²) in [7, 11) is 0. The summed E-state index contributed by atoms with van der Waals surface area (Å²) in [5, 5.41) is 38.2. The molecular formula is C16H14N4O4. The van der Waals surface area contributed by atoms with Gasteiger partial charge >= 0.3 is 0 Å². The maximum Gasteiger partial charge on any atom is 0.253 e. The molecular weight excluding hydrogens is 312 g/mol. The van der Waals surface area contributed by atoms with Gasteiger partial charge in [-0.05, 0) is 25.0 Å². The van der Waals surface area contributed by atoms with Crippen molar-refractivity contribution in [2.45, 2.75) is 26.9 Å². The average molecular weight is 326 g/mol. The third-order valence-electron chi connectivity index (χ3n) is 3.73. The fourth-order valence-electron chi connectivity index (χ4n) is 2.41. The number of aromatic nitrogens is 2. The Labute approximate surface area is 136 Å². The SMILES string of the molecule is Cc1cc(=O)n(CCn2c(O)c(C#N)c(C)cc2=O)c(O)c1C#N. The molecule has 0 aliphatic heterocycles. The molecule has 0 unspecified atom stereocenters. The Bertz CT molecular complexity index is 935. The predicted octanol–water partition coefficient (Wildman–Crippen LogP) is 0.482. The lowest BCUT2D eigenvalue weighted by Gasteiger charge is -2.14. The summed E-state index contributed by atoms with van der Waals surface area (Å²) in [4.78, 5) is 24.0. The fourth-order valence-corrected chi connectivity index (χ4v) is 2.41. The summed E-state index contributed by atoms with van der Waals surface area (Å²) in [6.45, 7) is 2.75. The van der Waals surface area contributed by atoms with E-state index in [2.05, 4.69) is 0 Å². The maximum atomic E-state index is 12.0. The monoisotopic (exact) mass is 326 g/mol. The van der Waals surface area contributed by atoms with Gasteiger partial charge in [-0.1, -0.05) is 0 Å². The van der Waals surface area contributed by atoms with Crippen molar-refractivity contribution in [3.05, 3.63) is 55.1 Å². The minimum atomic E-state index is -0.538. The Hall–Kier alpha value is -3.52. The Morgan fingerprint density at radius 1 is 0.875 bits per heavy atom. The van der Waals surface area contributed by atoms with E-state index in [1.807, 2.05) is 12.1 Å². The van der Waals surface area contributed by atoms with Crippen molar-refractivity contribution in [1.29, 1.82) is 10.5 Å². The van der Waals surface area contributed by atoms with Crippen molar-refractivity contribution in [2.24, 2.45) is 0 Å². The van der Waals surface area contributed by atoms with Gasteiger partial charge in [0.2, 0.25) is 11.8 Å². The van der Waals surface area contributed by atoms with E-state index in [1.54, 1.807) is 0 Å². The third-order valence-corrected chi connectivity index (χ3v) is 3.73. The van der Waals surface area contributed by atoms with Crippen LogP contribution in [-0.2, 0) is 13.1 Å². The largest absolute Gasteiger partial charge is 0.493 e. The number of nitriles is 2. The molecule has 2 aromatic heterocycles. The van der Waals surface area contributed by atoms with Crippen molar-refractivity contribution >= 4 is 0 Å². The summed E-state index contributed by atoms with van der Waals surface area (Å²) in [6.07, 6.45) is 0. The van der Waals surface area contributed by atoms with Gasteiger partial charge in [-0.25, -0.2) is 0 Å². The van der Waals surface area contributed by atoms with E-state index in [9.17, 15) is 19.8 Å². The Morgan fingerprint density at radius 2 is 1.21 bits per heavy atom. The minimum Gasteiger partial charge on any atom is -0.493 e. The summed E-state index contributed by atoms with van der Waals surface area (Å²) >= 11 is 0. The second-order valence-electron chi connectivity index (χ2n) is 5.26. The molecule has 0 atom stereocenters. The smallest absolute Gasteiger partial charge is 0.253 e. The minimum absolute atomic E-state index is 0.0345. The number of pyridine rings is 2. The highest BCUT2D eigenvalue weighted by molar-refractivity contribution is 5.44. The molecule has 24 heavy (non-hydrogen) atoms. The highest BCUT2D eigenvalue weighted by Crippen LogP contribution is 2.19. The first-order valence-electron chi connectivity index (χ1n) is 6.98. The highest BCUT2D eigenvalue weighted by atomic mass is 16.3. The van der Waals surface area contributed by atoms with Crippen LogP contribution in [-0.4, -0.2) is 19.3 Å². The number of rotatable bonds is 3. The van der Waals surface area contributed by atoms with Gasteiger partial charge in [0.15, 0.2) is 0 Å². The zero-order valence-electron chi connectivity index (χ0n) is 13.1. The summed E-state index contributed by atoms with van der Waals surface area (Å²) in [6, 6.07) is 6.02. The molecule has 2 rings (SSSR count). The van der Waals surface area contributed by atoms with Gasteiger partial charge in [-0.15, -0.1) is 0 Å². The molecule has 0 saturated heterocycles. The average Bonchev–Trinajstić information content (AvgIpc) is 2.50. The molecule has 8 nitrogen and oxygen atoms in total. The van der Waals surface area contributed by atoms with Gasteiger partial charge in [0, 0.05) is 25.2 Å². The molecule has 0 spiro atoms. The number of aromatic hydroxyl groups is 2. The van der Waals surface area contributed by atoms with Crippen molar-refractivity contribution in [3.8, 4) is 23.9 Å². The third kappa shape index (κ3) is 2.73. The fraction of sp³-hybridized carbons (Fsp3) is 0.250. The van der Waals surface area contributed by atoms with E-state index < -0.39 is 22.9 Å². The lowest BCUT2D eigenvalue weighted by Crippen LogP contribution is -2.27. The van der Waals surface area contributed by atoms with Crippen LogP contribution in [0.3, 0.4) is 0 Å². The Morgan fingerprint density at radius 3 is 1.50 bits per heavy atom. The van der Waals surface area contributed by atoms with Gasteiger partial charge in [0.05, 0.1) is 0 Å². The molecule has 2 N–H and O–H groups in total. The van der Waals surface area contributed by atoms with Crippen molar-refractivity contribution in [3.63, 3.8) is 0 Å². The number of hydrogen-bond donors (Lipinski definition) is 2. The zero-order chi connectivity index (χ0) is 18.0. The first-order valence-corrected chi connectivity index (χ1v) is 6.98. The molecule has 2 aromatic rings. The van der Waals surface area contributed by atoms with Gasteiger partial charge in [0.25, 0.3) is 11.1 Å². The van der Waals surface area contributed by atoms with E-state index in [1.165, 1.54) is 26.0 Å². The van der Waals surface area contributed by atoms with Gasteiger partial charge < -0.3 is 10.2 Å². The van der Waals surface area contributed by atoms with Crippen LogP contribution in [0, 0.1) is 36.5 Å². The molecule has 122 valence electrons. The second-order valence-corrected chi connectivity index (χ2v) is 5.26. The standard InChI is InChI=1S/C16H14N4O4/c1-9-5-13(21)19(15(23)11(9)7-17)3-4-20-14(22)6-10(2)12(8-18)16(20)24/h5-6,23-24H,3-4H2,1-2H3. The van der Waals surface area contributed by atoms with Crippen LogP contribution in [0.4, 0.5) is 0 Å². The van der Waals surface area contributed by atoms with Crippen LogP contribution >= 0.6 is 0 Å². The van der Waals surface area contributed by atoms with E-state index >= 15 is 0 Å². The van der Waals surface area contributed by atoms with Gasteiger partial charge in [-0.2, -0.15) is 10.5 Å². The molecule has 0 radical (unpaired) electrons. The maximum absolute atomic E-state index is 12.0. The van der Waals surface area contributed by atoms with Gasteiger partial charge in [0.1, 0.15) is 23.3 Å². The van der Waals surface area contributed by atoms with E-state index in [-0.39, 0.29) is 24.2 Å². The topological polar surface area (TPSA) is 132 Å². The Balaban J connectivity index is 2.48. The molecule has 0 aliphatic rings. The normalized spacial score (nSPS) is 10.2. The first-order chi connectivity index (χ1) is 11.3. The molecule has 0 aromatic carbocycles. The van der Waals surface area contributed by atoms with Crippen LogP contribution in [0.25, 0.3) is 0 Å². The lowest BCUT2D eigenvalue weighted by molar-refractivity contribution is 0.368. The quantitative estimate of drug-likeness (QED) is 0.843. The van der Waals surface area contributed by atoms with Crippen LogP contribution in [0.15, 0.2) is 21.7 Å². The summed E-state index contributed by atoms with van der Waals surface area (Å²) in [5.74, 6) is -0.995. The van der Waals surface area contributed by atoms with Crippen molar-refractivity contribution in [2.75, 3.05) is 0 Å². The highest BCUT2D eigenvalue weighted by Gasteiger charge is 2.15. The number of nitrogens with zero attached hydrogens (tertiary/aromatic N) is 4. The van der Waals surface area contributed by atoms with E-state index in [4.69, 9.17) is 10.5 Å². The lowest BCUT2D eigenvalue weighted by atomic mass is 10.1. The van der Waals surface area contributed by atoms with Crippen molar-refractivity contribution in [1.82, 2.24) is 9.13 Å². The molecule has 0 bridgehead atoms. The molecule has 0 fully saturated rings. The summed E-state index contributed by atoms with van der Waals surface area (Å²) < 4.78 is 1.87. The van der Waals surface area contributed by atoms with Crippen LogP contribution < -0.4 is 11.1 Å².